The number of rotatable bonds is 15. The molecule has 0 amide bonds. The maximum atomic E-state index is 13.9. The summed E-state index contributed by atoms with van der Waals surface area (Å²) in [6, 6.07) is 9.21. The molecule has 1 aromatic carbocycles. The van der Waals surface area contributed by atoms with E-state index in [2.05, 4.69) is 0 Å². The van der Waals surface area contributed by atoms with Crippen LogP contribution in [0, 0.1) is 16.7 Å². The molecule has 0 aromatic heterocycles. The van der Waals surface area contributed by atoms with E-state index in [4.69, 9.17) is 52.1 Å². The van der Waals surface area contributed by atoms with E-state index in [0.717, 1.165) is 5.56 Å². The molecule has 0 spiro atoms. The second-order valence-corrected chi connectivity index (χ2v) is 22.5. The minimum absolute atomic E-state index is 0.0533. The SMILES string of the molecule is C/C=C(\C)C(=O)OC(C)[C@]1(O)CC[C@@]2(O)[C@]1(C)C(OC(=O)/C=C/c1ccccc1)C[C@H]1[C@@]2(O)C=C[C@@]2(O)C[C@@H](O[C@H]3C[C@H](OC)[C@H](O[C@H]4C[C@H](OC)[C@H](O[C@H]5C[C@@H](OC)[C@H](O)[C@@H](C)O5)[C@@H](C)O4)[C@@H](C)O3)CC[C@]12C. The molecule has 2 unspecified atom stereocenters. The standard InChI is InChI=1S/C56H82O18/c1-12-31(2)50(59)70-35(6)54(61)24-25-56(63)52(54,8)42(72-43(57)19-18-36-16-14-13-15-17-36)29-41-51(7)21-20-37(30-53(51,60)22-23-55(41,56)62)71-44-27-39(65-10)48(33(4)68-44)74-46-28-40(66-11)49(34(5)69-46)73-45-26-38(64-9)47(58)32(3)67-45/h12-19,22-23,32-35,37-42,44-49,58,60-63H,20-21,24-30H2,1-11H3/b19-18+,31-12+/t32-,33-,34-,35?,37+,38-,39+,40+,41-,42?,44+,45+,46+,47-,48-,49-,51-,52-,53-,54-,55+,56-/m1/s1. The van der Waals surface area contributed by atoms with Crippen LogP contribution < -0.4 is 0 Å². The highest BCUT2D eigenvalue weighted by Gasteiger charge is 2.82. The first-order chi connectivity index (χ1) is 34.9. The van der Waals surface area contributed by atoms with E-state index < -0.39 is 143 Å². The van der Waals surface area contributed by atoms with Gasteiger partial charge in [0.2, 0.25) is 0 Å². The maximum absolute atomic E-state index is 13.9. The Kier molecular flexibility index (Phi) is 16.9. The second kappa shape index (κ2) is 21.9. The molecule has 1 aromatic rings. The van der Waals surface area contributed by atoms with Crippen molar-refractivity contribution in [2.24, 2.45) is 16.7 Å². The molecule has 0 bridgehead atoms. The van der Waals surface area contributed by atoms with E-state index >= 15 is 0 Å². The number of methoxy groups -OCH3 is 3. The van der Waals surface area contributed by atoms with Crippen LogP contribution in [0.4, 0.5) is 0 Å². The van der Waals surface area contributed by atoms with Crippen LogP contribution in [0.15, 0.2) is 60.2 Å². The Labute approximate surface area is 435 Å². The molecule has 3 saturated carbocycles. The van der Waals surface area contributed by atoms with Crippen LogP contribution >= 0.6 is 0 Å². The van der Waals surface area contributed by atoms with Crippen LogP contribution in [0.3, 0.4) is 0 Å². The van der Waals surface area contributed by atoms with Crippen LogP contribution in [-0.4, -0.2) is 173 Å². The Morgan fingerprint density at radius 1 is 0.757 bits per heavy atom. The number of benzene rings is 1. The number of carbonyl (C=O) groups excluding carboxylic acids is 2. The minimum atomic E-state index is -2.14. The molecule has 3 heterocycles. The van der Waals surface area contributed by atoms with Gasteiger partial charge in [0.15, 0.2) is 18.9 Å². The highest BCUT2D eigenvalue weighted by molar-refractivity contribution is 5.88. The zero-order valence-electron chi connectivity index (χ0n) is 44.9. The van der Waals surface area contributed by atoms with Crippen LogP contribution in [0.25, 0.3) is 6.08 Å². The Balaban J connectivity index is 0.967. The number of aliphatic hydroxyl groups excluding tert-OH is 1. The van der Waals surface area contributed by atoms with Gasteiger partial charge in [-0.3, -0.25) is 0 Å². The molecule has 7 aliphatic rings. The lowest BCUT2D eigenvalue weighted by Gasteiger charge is -2.68. The summed E-state index contributed by atoms with van der Waals surface area (Å²) in [5.41, 5.74) is -9.54. The highest BCUT2D eigenvalue weighted by Crippen LogP contribution is 2.71. The topological polar surface area (TPSA) is 237 Å². The maximum Gasteiger partial charge on any atom is 0.333 e. The summed E-state index contributed by atoms with van der Waals surface area (Å²) in [6.07, 6.45) is -0.380. The lowest BCUT2D eigenvalue weighted by molar-refractivity contribution is -0.342. The monoisotopic (exact) mass is 1040 g/mol. The minimum Gasteiger partial charge on any atom is -0.458 e. The second-order valence-electron chi connectivity index (χ2n) is 22.5. The summed E-state index contributed by atoms with van der Waals surface area (Å²) in [5, 5.41) is 62.7. The molecule has 4 aliphatic carbocycles. The first kappa shape index (κ1) is 57.0. The first-order valence-corrected chi connectivity index (χ1v) is 26.5. The largest absolute Gasteiger partial charge is 0.458 e. The zero-order chi connectivity index (χ0) is 53.8. The summed E-state index contributed by atoms with van der Waals surface area (Å²) in [5.74, 6) is -2.27. The van der Waals surface area contributed by atoms with Crippen molar-refractivity contribution in [3.63, 3.8) is 0 Å². The molecule has 5 N–H and O–H groups in total. The molecule has 414 valence electrons. The summed E-state index contributed by atoms with van der Waals surface area (Å²) in [7, 11) is 4.77. The molecule has 0 radical (unpaired) electrons. The van der Waals surface area contributed by atoms with Gasteiger partial charge in [-0.15, -0.1) is 0 Å². The predicted octanol–water partition coefficient (Wildman–Crippen LogP) is 4.98. The van der Waals surface area contributed by atoms with Gasteiger partial charge in [0.1, 0.15) is 47.3 Å². The number of ether oxygens (including phenoxy) is 11. The first-order valence-electron chi connectivity index (χ1n) is 26.5. The zero-order valence-corrected chi connectivity index (χ0v) is 44.9. The molecule has 8 rings (SSSR count). The average Bonchev–Trinajstić information content (AvgIpc) is 3.61. The van der Waals surface area contributed by atoms with E-state index in [1.165, 1.54) is 12.2 Å². The van der Waals surface area contributed by atoms with Gasteiger partial charge in [0.05, 0.1) is 53.7 Å². The molecule has 74 heavy (non-hydrogen) atoms. The molecular formula is C56H82O18. The number of hydrogen-bond donors (Lipinski definition) is 5. The van der Waals surface area contributed by atoms with Crippen molar-refractivity contribution < 1.29 is 87.2 Å². The summed E-state index contributed by atoms with van der Waals surface area (Å²) in [4.78, 5) is 27.0. The number of aliphatic hydroxyl groups is 5. The lowest BCUT2D eigenvalue weighted by Crippen LogP contribution is -2.80. The normalized spacial score (nSPS) is 46.8. The Hall–Kier alpha value is -3.18. The summed E-state index contributed by atoms with van der Waals surface area (Å²) >= 11 is 0. The number of fused-ring (bicyclic) bond motifs is 5. The third-order valence-corrected chi connectivity index (χ3v) is 18.8. The molecule has 18 heteroatoms. The Morgan fingerprint density at radius 2 is 1.32 bits per heavy atom. The summed E-state index contributed by atoms with van der Waals surface area (Å²) in [6.45, 7) is 13.9. The fraction of sp³-hybridized carbons (Fsp3) is 0.750. The molecule has 18 nitrogen and oxygen atoms in total. The fourth-order valence-corrected chi connectivity index (χ4v) is 13.9. The Morgan fingerprint density at radius 3 is 1.91 bits per heavy atom. The number of hydrogen-bond acceptors (Lipinski definition) is 18. The smallest absolute Gasteiger partial charge is 0.333 e. The molecule has 3 saturated heterocycles. The van der Waals surface area contributed by atoms with Gasteiger partial charge in [-0.1, -0.05) is 62.4 Å². The van der Waals surface area contributed by atoms with E-state index in [-0.39, 0.29) is 25.7 Å². The third-order valence-electron chi connectivity index (χ3n) is 18.8. The van der Waals surface area contributed by atoms with E-state index in [1.54, 1.807) is 74.2 Å². The fourth-order valence-electron chi connectivity index (χ4n) is 13.9. The van der Waals surface area contributed by atoms with Gasteiger partial charge in [-0.25, -0.2) is 9.59 Å². The molecule has 6 fully saturated rings. The number of carbonyl (C=O) groups is 2. The average molecular weight is 1040 g/mol. The van der Waals surface area contributed by atoms with Gasteiger partial charge in [0.25, 0.3) is 0 Å². The van der Waals surface area contributed by atoms with Crippen LogP contribution in [0.2, 0.25) is 0 Å². The highest BCUT2D eigenvalue weighted by atomic mass is 16.7. The summed E-state index contributed by atoms with van der Waals surface area (Å²) < 4.78 is 68.1. The molecule has 22 atom stereocenters. The van der Waals surface area contributed by atoms with Gasteiger partial charge < -0.3 is 77.6 Å². The van der Waals surface area contributed by atoms with Crippen LogP contribution in [-0.2, 0) is 61.7 Å². The van der Waals surface area contributed by atoms with E-state index in [1.807, 2.05) is 51.1 Å². The van der Waals surface area contributed by atoms with Gasteiger partial charge in [-0.05, 0) is 85.3 Å². The quantitative estimate of drug-likeness (QED) is 0.0885. The van der Waals surface area contributed by atoms with Gasteiger partial charge >= 0.3 is 11.9 Å². The van der Waals surface area contributed by atoms with Crippen molar-refractivity contribution in [2.45, 2.75) is 228 Å². The van der Waals surface area contributed by atoms with Crippen molar-refractivity contribution in [1.29, 1.82) is 0 Å². The number of esters is 2. The predicted molar refractivity (Wildman–Crippen MR) is 267 cm³/mol. The van der Waals surface area contributed by atoms with Crippen molar-refractivity contribution >= 4 is 18.0 Å². The van der Waals surface area contributed by atoms with Crippen LogP contribution in [0.5, 0.6) is 0 Å². The van der Waals surface area contributed by atoms with Crippen LogP contribution in [0.1, 0.15) is 119 Å². The number of allylic oxidation sites excluding steroid dienone is 1. The van der Waals surface area contributed by atoms with Gasteiger partial charge in [-0.2, -0.15) is 0 Å². The third kappa shape index (κ3) is 9.90. The molecule has 3 aliphatic heterocycles. The van der Waals surface area contributed by atoms with E-state index in [0.29, 0.717) is 37.7 Å². The van der Waals surface area contributed by atoms with Crippen molar-refractivity contribution in [3.05, 3.63) is 65.8 Å². The van der Waals surface area contributed by atoms with Crippen molar-refractivity contribution in [3.8, 4) is 0 Å². The van der Waals surface area contributed by atoms with Crippen molar-refractivity contribution in [2.75, 3.05) is 21.3 Å². The van der Waals surface area contributed by atoms with Crippen molar-refractivity contribution in [1.82, 2.24) is 0 Å². The lowest BCUT2D eigenvalue weighted by atomic mass is 9.41. The Bertz CT molecular complexity index is 2230. The van der Waals surface area contributed by atoms with Gasteiger partial charge in [0, 0.05) is 70.0 Å². The molecular weight excluding hydrogens is 961 g/mol. The van der Waals surface area contributed by atoms with E-state index in [9.17, 15) is 35.1 Å².